The smallest absolute Gasteiger partial charge is 0.306 e. The second-order valence-electron chi connectivity index (χ2n) is 4.42. The molecule has 1 N–H and O–H groups in total. The first-order chi connectivity index (χ1) is 6.63. The molecule has 1 aliphatic rings. The summed E-state index contributed by atoms with van der Waals surface area (Å²) in [6.07, 6.45) is 3.11. The molecule has 0 radical (unpaired) electrons. The maximum atomic E-state index is 10.5. The van der Waals surface area contributed by atoms with Crippen molar-refractivity contribution in [3.63, 3.8) is 0 Å². The van der Waals surface area contributed by atoms with Gasteiger partial charge in [0.05, 0.1) is 5.92 Å². The minimum Gasteiger partial charge on any atom is -0.481 e. The molecule has 3 nitrogen and oxygen atoms in total. The summed E-state index contributed by atoms with van der Waals surface area (Å²) in [5.74, 6) is 0.0465. The van der Waals surface area contributed by atoms with Crippen LogP contribution in [0.2, 0.25) is 0 Å². The predicted molar refractivity (Wildman–Crippen MR) is 56.3 cm³/mol. The fourth-order valence-electron chi connectivity index (χ4n) is 1.86. The second-order valence-corrected chi connectivity index (χ2v) is 4.42. The van der Waals surface area contributed by atoms with Crippen LogP contribution in [0.25, 0.3) is 0 Å². The van der Waals surface area contributed by atoms with Crippen molar-refractivity contribution < 1.29 is 9.90 Å². The van der Waals surface area contributed by atoms with Crippen LogP contribution >= 0.6 is 0 Å². The monoisotopic (exact) mass is 199 g/mol. The molecule has 1 atom stereocenters. The number of carbonyl (C=O) groups is 1. The quantitative estimate of drug-likeness (QED) is 0.709. The van der Waals surface area contributed by atoms with Gasteiger partial charge in [-0.2, -0.15) is 0 Å². The largest absolute Gasteiger partial charge is 0.481 e. The van der Waals surface area contributed by atoms with Crippen molar-refractivity contribution in [3.05, 3.63) is 0 Å². The molecular weight excluding hydrogens is 178 g/mol. The number of hydrogen-bond acceptors (Lipinski definition) is 2. The number of likely N-dealkylation sites (tertiary alicyclic amines) is 1. The van der Waals surface area contributed by atoms with Gasteiger partial charge >= 0.3 is 5.97 Å². The average Bonchev–Trinajstić information content (AvgIpc) is 2.08. The van der Waals surface area contributed by atoms with Crippen LogP contribution in [0.1, 0.15) is 33.1 Å². The van der Waals surface area contributed by atoms with Crippen LogP contribution in [0, 0.1) is 11.8 Å². The van der Waals surface area contributed by atoms with Crippen LogP contribution in [-0.4, -0.2) is 35.6 Å². The molecule has 0 aromatic heterocycles. The van der Waals surface area contributed by atoms with E-state index in [1.165, 1.54) is 19.5 Å². The topological polar surface area (TPSA) is 40.5 Å². The maximum Gasteiger partial charge on any atom is 0.306 e. The summed E-state index contributed by atoms with van der Waals surface area (Å²) in [5, 5.41) is 8.68. The van der Waals surface area contributed by atoms with E-state index >= 15 is 0 Å². The van der Waals surface area contributed by atoms with E-state index in [-0.39, 0.29) is 5.92 Å². The standard InChI is InChI=1S/C11H21NO2/c1-3-10-7-12(8-10)6-4-5-9(2)11(13)14/h9-10H,3-8H2,1-2H3,(H,13,14). The number of hydrogen-bond donors (Lipinski definition) is 1. The third kappa shape index (κ3) is 3.29. The predicted octanol–water partition coefficient (Wildman–Crippen LogP) is 1.83. The van der Waals surface area contributed by atoms with E-state index in [4.69, 9.17) is 5.11 Å². The van der Waals surface area contributed by atoms with Crippen LogP contribution in [0.4, 0.5) is 0 Å². The molecule has 0 amide bonds. The zero-order valence-corrected chi connectivity index (χ0v) is 9.20. The van der Waals surface area contributed by atoms with Crippen molar-refractivity contribution >= 4 is 5.97 Å². The van der Waals surface area contributed by atoms with Gasteiger partial charge in [0.25, 0.3) is 0 Å². The first-order valence-corrected chi connectivity index (χ1v) is 5.58. The Morgan fingerprint density at radius 2 is 2.21 bits per heavy atom. The summed E-state index contributed by atoms with van der Waals surface area (Å²) < 4.78 is 0. The summed E-state index contributed by atoms with van der Waals surface area (Å²) in [4.78, 5) is 13.0. The fraction of sp³-hybridized carbons (Fsp3) is 0.909. The Labute approximate surface area is 86.1 Å². The Bertz CT molecular complexity index is 188. The lowest BCUT2D eigenvalue weighted by atomic mass is 9.96. The van der Waals surface area contributed by atoms with Gasteiger partial charge in [0.2, 0.25) is 0 Å². The molecule has 0 saturated carbocycles. The zero-order chi connectivity index (χ0) is 10.6. The lowest BCUT2D eigenvalue weighted by Gasteiger charge is -2.39. The average molecular weight is 199 g/mol. The first-order valence-electron chi connectivity index (χ1n) is 5.58. The molecule has 0 aliphatic carbocycles. The molecule has 0 aromatic carbocycles. The highest BCUT2D eigenvalue weighted by molar-refractivity contribution is 5.69. The van der Waals surface area contributed by atoms with Crippen molar-refractivity contribution in [2.24, 2.45) is 11.8 Å². The van der Waals surface area contributed by atoms with Gasteiger partial charge in [0.15, 0.2) is 0 Å². The van der Waals surface area contributed by atoms with E-state index in [9.17, 15) is 4.79 Å². The van der Waals surface area contributed by atoms with Crippen molar-refractivity contribution in [1.82, 2.24) is 4.90 Å². The van der Waals surface area contributed by atoms with Gasteiger partial charge in [0, 0.05) is 13.1 Å². The van der Waals surface area contributed by atoms with Gasteiger partial charge in [-0.25, -0.2) is 0 Å². The lowest BCUT2D eigenvalue weighted by molar-refractivity contribution is -0.141. The van der Waals surface area contributed by atoms with E-state index in [1.807, 2.05) is 0 Å². The molecular formula is C11H21NO2. The molecule has 1 aliphatic heterocycles. The molecule has 3 heteroatoms. The van der Waals surface area contributed by atoms with Gasteiger partial charge < -0.3 is 10.0 Å². The molecule has 1 rings (SSSR count). The molecule has 1 unspecified atom stereocenters. The fourth-order valence-corrected chi connectivity index (χ4v) is 1.86. The van der Waals surface area contributed by atoms with Crippen molar-refractivity contribution in [2.75, 3.05) is 19.6 Å². The highest BCUT2D eigenvalue weighted by Crippen LogP contribution is 2.19. The van der Waals surface area contributed by atoms with Crippen molar-refractivity contribution in [3.8, 4) is 0 Å². The molecule has 0 bridgehead atoms. The highest BCUT2D eigenvalue weighted by atomic mass is 16.4. The Kier molecular flexibility index (Phi) is 4.39. The number of aliphatic carboxylic acids is 1. The molecule has 14 heavy (non-hydrogen) atoms. The van der Waals surface area contributed by atoms with E-state index in [2.05, 4.69) is 11.8 Å². The Morgan fingerprint density at radius 1 is 1.57 bits per heavy atom. The third-order valence-corrected chi connectivity index (χ3v) is 3.14. The summed E-state index contributed by atoms with van der Waals surface area (Å²) in [6, 6.07) is 0. The molecule has 82 valence electrons. The number of nitrogens with zero attached hydrogens (tertiary/aromatic N) is 1. The molecule has 1 heterocycles. The van der Waals surface area contributed by atoms with Gasteiger partial charge in [-0.3, -0.25) is 4.79 Å². The summed E-state index contributed by atoms with van der Waals surface area (Å²) in [5.41, 5.74) is 0. The van der Waals surface area contributed by atoms with Crippen molar-refractivity contribution in [1.29, 1.82) is 0 Å². The molecule has 0 spiro atoms. The normalized spacial score (nSPS) is 20.4. The summed E-state index contributed by atoms with van der Waals surface area (Å²) in [6.45, 7) is 7.53. The zero-order valence-electron chi connectivity index (χ0n) is 9.20. The van der Waals surface area contributed by atoms with E-state index in [1.54, 1.807) is 6.92 Å². The minimum absolute atomic E-state index is 0.182. The Morgan fingerprint density at radius 3 is 2.71 bits per heavy atom. The lowest BCUT2D eigenvalue weighted by Crippen LogP contribution is -2.46. The van der Waals surface area contributed by atoms with E-state index in [0.717, 1.165) is 25.3 Å². The molecule has 1 saturated heterocycles. The van der Waals surface area contributed by atoms with Crippen LogP contribution < -0.4 is 0 Å². The maximum absolute atomic E-state index is 10.5. The first kappa shape index (κ1) is 11.5. The van der Waals surface area contributed by atoms with Crippen LogP contribution in [0.15, 0.2) is 0 Å². The van der Waals surface area contributed by atoms with Gasteiger partial charge in [-0.05, 0) is 25.3 Å². The summed E-state index contributed by atoms with van der Waals surface area (Å²) >= 11 is 0. The minimum atomic E-state index is -0.667. The number of carboxylic acids is 1. The van der Waals surface area contributed by atoms with Crippen LogP contribution in [-0.2, 0) is 4.79 Å². The van der Waals surface area contributed by atoms with E-state index in [0.29, 0.717) is 0 Å². The second kappa shape index (κ2) is 5.35. The van der Waals surface area contributed by atoms with Gasteiger partial charge in [0.1, 0.15) is 0 Å². The number of carboxylic acid groups (broad SMARTS) is 1. The summed E-state index contributed by atoms with van der Waals surface area (Å²) in [7, 11) is 0. The van der Waals surface area contributed by atoms with E-state index < -0.39 is 5.97 Å². The molecule has 0 aromatic rings. The van der Waals surface area contributed by atoms with Crippen LogP contribution in [0.5, 0.6) is 0 Å². The van der Waals surface area contributed by atoms with Gasteiger partial charge in [-0.1, -0.05) is 20.3 Å². The van der Waals surface area contributed by atoms with Gasteiger partial charge in [-0.15, -0.1) is 0 Å². The number of rotatable bonds is 6. The molecule has 1 fully saturated rings. The SMILES string of the molecule is CCC1CN(CCCC(C)C(=O)O)C1. The Hall–Kier alpha value is -0.570. The highest BCUT2D eigenvalue weighted by Gasteiger charge is 2.24. The Balaban J connectivity index is 1.98. The third-order valence-electron chi connectivity index (χ3n) is 3.14. The van der Waals surface area contributed by atoms with Crippen LogP contribution in [0.3, 0.4) is 0 Å². The van der Waals surface area contributed by atoms with Crippen molar-refractivity contribution in [2.45, 2.75) is 33.1 Å².